The largest absolute Gasteiger partial charge is 0.398 e. The Kier molecular flexibility index (Phi) is 6.55. The first kappa shape index (κ1) is 21.5. The second-order valence-electron chi connectivity index (χ2n) is 8.20. The number of nitrogens with zero attached hydrogens (tertiary/aromatic N) is 5. The number of ether oxygens (including phenoxy) is 2. The number of allylic oxidation sites excluding steroid dienone is 1. The first-order valence-electron chi connectivity index (χ1n) is 11.4. The van der Waals surface area contributed by atoms with Gasteiger partial charge in [0.2, 0.25) is 0 Å². The van der Waals surface area contributed by atoms with Gasteiger partial charge in [0.25, 0.3) is 5.95 Å². The lowest BCUT2D eigenvalue weighted by atomic mass is 9.96. The van der Waals surface area contributed by atoms with Gasteiger partial charge in [-0.3, -0.25) is 0 Å². The first-order chi connectivity index (χ1) is 16.3. The van der Waals surface area contributed by atoms with Gasteiger partial charge in [0.05, 0.1) is 18.7 Å². The smallest absolute Gasteiger partial charge is 0.251 e. The van der Waals surface area contributed by atoms with Gasteiger partial charge in [-0.1, -0.05) is 30.3 Å². The minimum absolute atomic E-state index is 0.390. The van der Waals surface area contributed by atoms with Gasteiger partial charge in [0, 0.05) is 49.8 Å². The van der Waals surface area contributed by atoms with Crippen molar-refractivity contribution in [3.05, 3.63) is 59.8 Å². The Morgan fingerprint density at radius 1 is 0.939 bits per heavy atom. The van der Waals surface area contributed by atoms with Crippen LogP contribution in [0.5, 0.6) is 0 Å². The molecule has 0 aliphatic carbocycles. The van der Waals surface area contributed by atoms with Crippen LogP contribution in [0.2, 0.25) is 0 Å². The Labute approximate surface area is 193 Å². The molecule has 3 aromatic rings. The molecule has 2 aliphatic heterocycles. The van der Waals surface area contributed by atoms with Crippen molar-refractivity contribution >= 4 is 34.7 Å². The van der Waals surface area contributed by atoms with Crippen molar-refractivity contribution in [3.8, 4) is 0 Å². The predicted molar refractivity (Wildman–Crippen MR) is 130 cm³/mol. The predicted octanol–water partition coefficient (Wildman–Crippen LogP) is 3.46. The van der Waals surface area contributed by atoms with Gasteiger partial charge in [-0.2, -0.15) is 4.98 Å². The SMILES string of the molecule is NC(=CC=Nc1nc(N2CCOCC2)c2nc(C3CCOCC3)ccc2n1)c1ccccc1. The highest BCUT2D eigenvalue weighted by atomic mass is 16.5. The molecule has 2 aromatic heterocycles. The summed E-state index contributed by atoms with van der Waals surface area (Å²) in [4.78, 5) is 21.2. The van der Waals surface area contributed by atoms with Crippen LogP contribution in [0.4, 0.5) is 11.8 Å². The zero-order valence-corrected chi connectivity index (χ0v) is 18.6. The Morgan fingerprint density at radius 3 is 2.48 bits per heavy atom. The molecule has 0 saturated carbocycles. The van der Waals surface area contributed by atoms with E-state index in [1.165, 1.54) is 0 Å². The molecule has 5 rings (SSSR count). The van der Waals surface area contributed by atoms with Crippen LogP contribution in [0, 0.1) is 0 Å². The number of nitrogens with two attached hydrogens (primary N) is 1. The second-order valence-corrected chi connectivity index (χ2v) is 8.20. The van der Waals surface area contributed by atoms with E-state index in [2.05, 4.69) is 20.9 Å². The molecule has 2 N–H and O–H groups in total. The molecule has 2 fully saturated rings. The fraction of sp³-hybridized carbons (Fsp3) is 0.360. The van der Waals surface area contributed by atoms with E-state index in [1.807, 2.05) is 36.4 Å². The summed E-state index contributed by atoms with van der Waals surface area (Å²) in [6, 6.07) is 13.9. The molecule has 1 aromatic carbocycles. The van der Waals surface area contributed by atoms with Gasteiger partial charge in [0.1, 0.15) is 5.52 Å². The molecular weight excluding hydrogens is 416 g/mol. The zero-order chi connectivity index (χ0) is 22.5. The molecule has 8 heteroatoms. The maximum atomic E-state index is 6.17. The molecule has 0 unspecified atom stereocenters. The lowest BCUT2D eigenvalue weighted by molar-refractivity contribution is 0.0845. The lowest BCUT2D eigenvalue weighted by Gasteiger charge is -2.28. The molecule has 0 bridgehead atoms. The molecule has 8 nitrogen and oxygen atoms in total. The van der Waals surface area contributed by atoms with Gasteiger partial charge in [-0.05, 0) is 36.6 Å². The normalized spacial score (nSPS) is 18.3. The van der Waals surface area contributed by atoms with Gasteiger partial charge >= 0.3 is 0 Å². The average Bonchev–Trinajstić information content (AvgIpc) is 2.89. The molecule has 0 radical (unpaired) electrons. The lowest BCUT2D eigenvalue weighted by Crippen LogP contribution is -2.37. The van der Waals surface area contributed by atoms with E-state index in [1.54, 1.807) is 12.3 Å². The van der Waals surface area contributed by atoms with Gasteiger partial charge < -0.3 is 20.1 Å². The summed E-state index contributed by atoms with van der Waals surface area (Å²) in [6.07, 6.45) is 5.40. The second kappa shape index (κ2) is 10.1. The van der Waals surface area contributed by atoms with Crippen LogP contribution in [0.15, 0.2) is 53.5 Å². The molecule has 0 amide bonds. The molecule has 33 heavy (non-hydrogen) atoms. The van der Waals surface area contributed by atoms with Crippen LogP contribution in [0.25, 0.3) is 16.7 Å². The highest BCUT2D eigenvalue weighted by Gasteiger charge is 2.22. The van der Waals surface area contributed by atoms with E-state index < -0.39 is 0 Å². The van der Waals surface area contributed by atoms with Crippen molar-refractivity contribution in [2.24, 2.45) is 10.7 Å². The van der Waals surface area contributed by atoms with E-state index in [-0.39, 0.29) is 0 Å². The topological polar surface area (TPSA) is 98.8 Å². The Hall–Kier alpha value is -3.36. The van der Waals surface area contributed by atoms with E-state index in [0.717, 1.165) is 67.3 Å². The third-order valence-corrected chi connectivity index (χ3v) is 6.04. The average molecular weight is 445 g/mol. The van der Waals surface area contributed by atoms with Crippen molar-refractivity contribution in [3.63, 3.8) is 0 Å². The number of morpholine rings is 1. The summed E-state index contributed by atoms with van der Waals surface area (Å²) in [5.41, 5.74) is 10.4. The van der Waals surface area contributed by atoms with Crippen molar-refractivity contribution in [1.82, 2.24) is 15.0 Å². The maximum Gasteiger partial charge on any atom is 0.251 e. The number of fused-ring (bicyclic) bond motifs is 1. The first-order valence-corrected chi connectivity index (χ1v) is 11.4. The van der Waals surface area contributed by atoms with Crippen LogP contribution >= 0.6 is 0 Å². The van der Waals surface area contributed by atoms with Crippen LogP contribution in [0.3, 0.4) is 0 Å². The summed E-state index contributed by atoms with van der Waals surface area (Å²) in [5, 5.41) is 0. The molecule has 170 valence electrons. The van der Waals surface area contributed by atoms with Gasteiger partial charge in [-0.25, -0.2) is 15.0 Å². The Bertz CT molecular complexity index is 1150. The molecular formula is C25H28N6O2. The molecule has 0 spiro atoms. The monoisotopic (exact) mass is 444 g/mol. The summed E-state index contributed by atoms with van der Waals surface area (Å²) >= 11 is 0. The third-order valence-electron chi connectivity index (χ3n) is 6.04. The highest BCUT2D eigenvalue weighted by Crippen LogP contribution is 2.30. The zero-order valence-electron chi connectivity index (χ0n) is 18.6. The van der Waals surface area contributed by atoms with E-state index >= 15 is 0 Å². The minimum atomic E-state index is 0.390. The van der Waals surface area contributed by atoms with E-state index in [0.29, 0.717) is 30.8 Å². The summed E-state index contributed by atoms with van der Waals surface area (Å²) in [6.45, 7) is 4.42. The number of hydrogen-bond acceptors (Lipinski definition) is 8. The standard InChI is InChI=1S/C25H28N6O2/c26-20(18-4-2-1-3-5-18)8-11-27-25-29-22-7-6-21(19-9-14-32-15-10-19)28-23(22)24(30-25)31-12-16-33-17-13-31/h1-8,11,19H,9-10,12-17,26H2. The van der Waals surface area contributed by atoms with Gasteiger partial charge in [-0.15, -0.1) is 0 Å². The Balaban J connectivity index is 1.49. The molecule has 2 saturated heterocycles. The number of benzene rings is 1. The molecule has 0 atom stereocenters. The number of aromatic nitrogens is 3. The van der Waals surface area contributed by atoms with E-state index in [4.69, 9.17) is 25.2 Å². The van der Waals surface area contributed by atoms with Crippen molar-refractivity contribution < 1.29 is 9.47 Å². The van der Waals surface area contributed by atoms with Crippen molar-refractivity contribution in [2.75, 3.05) is 44.4 Å². The van der Waals surface area contributed by atoms with Crippen LogP contribution in [-0.4, -0.2) is 60.7 Å². The van der Waals surface area contributed by atoms with E-state index in [9.17, 15) is 0 Å². The fourth-order valence-electron chi connectivity index (χ4n) is 4.19. The quantitative estimate of drug-likeness (QED) is 0.602. The summed E-state index contributed by atoms with van der Waals surface area (Å²) in [7, 11) is 0. The van der Waals surface area contributed by atoms with Gasteiger partial charge in [0.15, 0.2) is 5.82 Å². The number of rotatable bonds is 5. The summed E-state index contributed by atoms with van der Waals surface area (Å²) < 4.78 is 11.1. The van der Waals surface area contributed by atoms with Crippen LogP contribution in [0.1, 0.15) is 30.0 Å². The van der Waals surface area contributed by atoms with Crippen LogP contribution in [-0.2, 0) is 9.47 Å². The van der Waals surface area contributed by atoms with Crippen molar-refractivity contribution in [2.45, 2.75) is 18.8 Å². The van der Waals surface area contributed by atoms with Crippen molar-refractivity contribution in [1.29, 1.82) is 0 Å². The minimum Gasteiger partial charge on any atom is -0.398 e. The molecule has 2 aliphatic rings. The van der Waals surface area contributed by atoms with Crippen LogP contribution < -0.4 is 10.6 Å². The third kappa shape index (κ3) is 5.02. The highest BCUT2D eigenvalue weighted by molar-refractivity contribution is 5.88. The molecule has 4 heterocycles. The Morgan fingerprint density at radius 2 is 1.70 bits per heavy atom. The number of hydrogen-bond donors (Lipinski definition) is 1. The number of pyridine rings is 1. The number of aliphatic imine (C=N–C) groups is 1. The maximum absolute atomic E-state index is 6.17. The summed E-state index contributed by atoms with van der Waals surface area (Å²) in [5.74, 6) is 1.61. The fourth-order valence-corrected chi connectivity index (χ4v) is 4.19. The number of anilines is 1.